The van der Waals surface area contributed by atoms with Crippen LogP contribution in [0.3, 0.4) is 0 Å². The first kappa shape index (κ1) is 48.3. The predicted octanol–water partition coefficient (Wildman–Crippen LogP) is 16.5. The number of hydrogen-bond acceptors (Lipinski definition) is 4. The first-order valence-corrected chi connectivity index (χ1v) is 27.0. The Balaban J connectivity index is 1.30. The van der Waals surface area contributed by atoms with Gasteiger partial charge in [-0.2, -0.15) is 0 Å². The lowest BCUT2D eigenvalue weighted by molar-refractivity contribution is 0.590. The topological polar surface area (TPSA) is 19.4 Å². The Bertz CT molecular complexity index is 3360. The minimum Gasteiger partial charge on any atom is -0.311 e. The molecule has 0 unspecified atom stereocenters. The van der Waals surface area contributed by atoms with Crippen LogP contribution in [0.25, 0.3) is 10.6 Å². The normalized spacial score (nSPS) is 13.7. The lowest BCUT2D eigenvalue weighted by atomic mass is 9.35. The molecule has 2 aliphatic rings. The third-order valence-corrected chi connectivity index (χ3v) is 16.6. The first-order valence-electron chi connectivity index (χ1n) is 26.2. The molecule has 364 valence electrons. The van der Waals surface area contributed by atoms with E-state index in [1.165, 1.54) is 66.8 Å². The van der Waals surface area contributed by atoms with Gasteiger partial charge in [0.15, 0.2) is 0 Å². The van der Waals surface area contributed by atoms with Crippen LogP contribution in [0.2, 0.25) is 0 Å². The summed E-state index contributed by atoms with van der Waals surface area (Å²) in [6, 6.07) is 73.8. The van der Waals surface area contributed by atoms with Crippen molar-refractivity contribution in [3.8, 4) is 10.6 Å². The van der Waals surface area contributed by atoms with E-state index in [2.05, 4.69) is 287 Å². The number of benzene rings is 8. The van der Waals surface area contributed by atoms with E-state index >= 15 is 0 Å². The highest BCUT2D eigenvalue weighted by atomic mass is 32.1. The Morgan fingerprint density at radius 3 is 1.21 bits per heavy atom. The van der Waals surface area contributed by atoms with Crippen LogP contribution in [-0.4, -0.2) is 11.7 Å². The smallest absolute Gasteiger partial charge is 0.276 e. The Kier molecular flexibility index (Phi) is 11.7. The maximum atomic E-state index is 5.87. The SMILES string of the molecule is CC(C)(C)c1ccc(-c2nc3c(s2)N(c2ccc(C(C)(C)C)cc2)c2cc(C(c4ccccc4)(c4ccccc4)c4ccccc4)cc4c2B3c2cc(C(C)(C)C)ccc2N4c2ccc(C(C)(C)C)cc2)cc1. The summed E-state index contributed by atoms with van der Waals surface area (Å²) in [4.78, 5) is 11.0. The van der Waals surface area contributed by atoms with Gasteiger partial charge < -0.3 is 9.80 Å². The average Bonchev–Trinajstić information content (AvgIpc) is 3.82. The van der Waals surface area contributed by atoms with Gasteiger partial charge in [-0.1, -0.05) is 246 Å². The molecule has 0 spiro atoms. The van der Waals surface area contributed by atoms with Crippen molar-refractivity contribution in [2.45, 2.75) is 110 Å². The number of thiazole rings is 1. The van der Waals surface area contributed by atoms with Gasteiger partial charge in [0, 0.05) is 34.0 Å². The Labute approximate surface area is 439 Å². The van der Waals surface area contributed by atoms with Crippen LogP contribution >= 0.6 is 11.3 Å². The van der Waals surface area contributed by atoms with E-state index in [4.69, 9.17) is 4.98 Å². The molecule has 0 saturated carbocycles. The van der Waals surface area contributed by atoms with Crippen LogP contribution in [0.5, 0.6) is 0 Å². The van der Waals surface area contributed by atoms with Crippen molar-refractivity contribution < 1.29 is 0 Å². The molecule has 1 aromatic heterocycles. The van der Waals surface area contributed by atoms with Gasteiger partial charge in [0.1, 0.15) is 10.0 Å². The largest absolute Gasteiger partial charge is 0.311 e. The number of aromatic nitrogens is 1. The summed E-state index contributed by atoms with van der Waals surface area (Å²) in [5, 5.41) is 2.18. The number of hydrogen-bond donors (Lipinski definition) is 0. The standard InChI is InChI=1S/C68H68BN3S/c1-64(2,3)46-30-28-45(29-31-46)62-70-61-63(73-62)72(55-39-34-48(35-40-55)66(7,8)9)59-44-53(68(49-22-16-13-17-23-49,50-24-18-14-19-25-50)51-26-20-15-21-27-51)43-58-60(59)69(61)56-42-52(67(10,11)12)36-41-57(56)71(58)54-37-32-47(33-38-54)65(4,5)6/h13-44H,1-12H3. The Morgan fingerprint density at radius 2 is 0.767 bits per heavy atom. The van der Waals surface area contributed by atoms with Gasteiger partial charge in [0.25, 0.3) is 6.71 Å². The molecule has 3 heterocycles. The molecular weight excluding hydrogens is 902 g/mol. The van der Waals surface area contributed by atoms with Crippen molar-refractivity contribution in [3.63, 3.8) is 0 Å². The maximum absolute atomic E-state index is 5.87. The minimum atomic E-state index is -0.710. The van der Waals surface area contributed by atoms with E-state index < -0.39 is 5.41 Å². The molecule has 2 aliphatic heterocycles. The molecule has 11 rings (SSSR count). The first-order chi connectivity index (χ1) is 34.7. The van der Waals surface area contributed by atoms with E-state index in [1.807, 2.05) is 11.3 Å². The summed E-state index contributed by atoms with van der Waals surface area (Å²) in [6.45, 7) is 27.5. The fraction of sp³-hybridized carbons (Fsp3) is 0.250. The third-order valence-electron chi connectivity index (χ3n) is 15.5. The van der Waals surface area contributed by atoms with Gasteiger partial charge in [-0.15, -0.1) is 0 Å². The highest BCUT2D eigenvalue weighted by molar-refractivity contribution is 7.22. The molecule has 8 aromatic carbocycles. The summed E-state index contributed by atoms with van der Waals surface area (Å²) < 4.78 is 0. The summed E-state index contributed by atoms with van der Waals surface area (Å²) in [5.41, 5.74) is 19.8. The monoisotopic (exact) mass is 970 g/mol. The minimum absolute atomic E-state index is 0.000388. The fourth-order valence-electron chi connectivity index (χ4n) is 11.4. The number of anilines is 6. The second-order valence-electron chi connectivity index (χ2n) is 24.5. The lowest BCUT2D eigenvalue weighted by Gasteiger charge is -2.45. The molecule has 0 amide bonds. The summed E-state index contributed by atoms with van der Waals surface area (Å²) in [7, 11) is 0. The van der Waals surface area contributed by atoms with Crippen molar-refractivity contribution in [2.75, 3.05) is 9.80 Å². The number of fused-ring (bicyclic) bond motifs is 4. The predicted molar refractivity (Wildman–Crippen MR) is 315 cm³/mol. The van der Waals surface area contributed by atoms with E-state index in [9.17, 15) is 0 Å². The Hall–Kier alpha value is -6.95. The van der Waals surface area contributed by atoms with Crippen molar-refractivity contribution in [3.05, 3.63) is 239 Å². The van der Waals surface area contributed by atoms with Crippen molar-refractivity contribution in [2.24, 2.45) is 0 Å². The van der Waals surface area contributed by atoms with E-state index in [0.717, 1.165) is 38.2 Å². The van der Waals surface area contributed by atoms with E-state index in [1.54, 1.807) is 0 Å². The molecule has 0 radical (unpaired) electrons. The van der Waals surface area contributed by atoms with Gasteiger partial charge in [-0.05, 0) is 120 Å². The second kappa shape index (κ2) is 17.6. The van der Waals surface area contributed by atoms with E-state index in [-0.39, 0.29) is 28.4 Å². The van der Waals surface area contributed by atoms with Crippen molar-refractivity contribution in [1.82, 2.24) is 4.98 Å². The lowest BCUT2D eigenvalue weighted by Crippen LogP contribution is -2.62. The summed E-state index contributed by atoms with van der Waals surface area (Å²) in [6.07, 6.45) is 0. The van der Waals surface area contributed by atoms with Crippen LogP contribution in [0, 0.1) is 0 Å². The average molecular weight is 970 g/mol. The zero-order chi connectivity index (χ0) is 51.2. The van der Waals surface area contributed by atoms with E-state index in [0.29, 0.717) is 0 Å². The van der Waals surface area contributed by atoms with Gasteiger partial charge in [-0.25, -0.2) is 4.98 Å². The van der Waals surface area contributed by atoms with Gasteiger partial charge in [0.05, 0.1) is 11.0 Å². The summed E-state index contributed by atoms with van der Waals surface area (Å²) >= 11 is 1.82. The molecular formula is C68H68BN3S. The van der Waals surface area contributed by atoms with Crippen LogP contribution in [0.15, 0.2) is 194 Å². The highest BCUT2D eigenvalue weighted by Gasteiger charge is 2.49. The molecule has 0 N–H and O–H groups in total. The maximum Gasteiger partial charge on any atom is 0.276 e. The van der Waals surface area contributed by atoms with Crippen LogP contribution in [0.4, 0.5) is 33.4 Å². The zero-order valence-corrected chi connectivity index (χ0v) is 45.6. The van der Waals surface area contributed by atoms with Crippen LogP contribution < -0.4 is 26.3 Å². The van der Waals surface area contributed by atoms with Crippen LogP contribution in [0.1, 0.15) is 128 Å². The molecule has 0 aliphatic carbocycles. The highest BCUT2D eigenvalue weighted by Crippen LogP contribution is 2.52. The third kappa shape index (κ3) is 8.34. The van der Waals surface area contributed by atoms with Crippen molar-refractivity contribution >= 4 is 68.0 Å². The second-order valence-corrected chi connectivity index (χ2v) is 25.5. The molecule has 3 nitrogen and oxygen atoms in total. The van der Waals surface area contributed by atoms with Gasteiger partial charge in [0.2, 0.25) is 0 Å². The van der Waals surface area contributed by atoms with Gasteiger partial charge >= 0.3 is 0 Å². The summed E-state index contributed by atoms with van der Waals surface area (Å²) in [5.74, 6) is 0. The molecule has 73 heavy (non-hydrogen) atoms. The zero-order valence-electron chi connectivity index (χ0n) is 44.8. The molecule has 0 fully saturated rings. The van der Waals surface area contributed by atoms with Crippen molar-refractivity contribution in [1.29, 1.82) is 0 Å². The molecule has 5 heteroatoms. The number of rotatable bonds is 7. The molecule has 0 atom stereocenters. The van der Waals surface area contributed by atoms with Crippen LogP contribution in [-0.2, 0) is 27.1 Å². The number of nitrogens with zero attached hydrogens (tertiary/aromatic N) is 3. The quantitative estimate of drug-likeness (QED) is 0.117. The molecule has 0 bridgehead atoms. The molecule has 0 saturated heterocycles. The molecule has 9 aromatic rings. The van der Waals surface area contributed by atoms with Gasteiger partial charge in [-0.3, -0.25) is 0 Å². The Morgan fingerprint density at radius 1 is 0.370 bits per heavy atom. The fourth-order valence-corrected chi connectivity index (χ4v) is 12.5.